The van der Waals surface area contributed by atoms with Crippen LogP contribution in [0.2, 0.25) is 5.02 Å². The Morgan fingerprint density at radius 3 is 2.50 bits per heavy atom. The summed E-state index contributed by atoms with van der Waals surface area (Å²) in [6, 6.07) is 12.0. The van der Waals surface area contributed by atoms with Gasteiger partial charge in [-0.1, -0.05) is 43.6 Å². The van der Waals surface area contributed by atoms with Crippen LogP contribution in [0.25, 0.3) is 11.1 Å². The number of carboxylic acids is 1. The minimum Gasteiger partial charge on any atom is -0.492 e. The lowest BCUT2D eigenvalue weighted by atomic mass is 9.82. The van der Waals surface area contributed by atoms with Gasteiger partial charge in [-0.2, -0.15) is 0 Å². The average molecular weight is 511 g/mol. The Hall–Kier alpha value is -3.12. The summed E-state index contributed by atoms with van der Waals surface area (Å²) in [7, 11) is 0. The van der Waals surface area contributed by atoms with E-state index in [1.54, 1.807) is 12.1 Å². The zero-order valence-corrected chi connectivity index (χ0v) is 21.7. The first-order valence-electron chi connectivity index (χ1n) is 12.3. The highest BCUT2D eigenvalue weighted by Crippen LogP contribution is 2.41. The monoisotopic (exact) mass is 510 g/mol. The van der Waals surface area contributed by atoms with E-state index >= 15 is 0 Å². The van der Waals surface area contributed by atoms with Crippen molar-refractivity contribution < 1.29 is 19.0 Å². The molecule has 0 spiro atoms. The predicted octanol–water partition coefficient (Wildman–Crippen LogP) is 6.72. The van der Waals surface area contributed by atoms with Crippen LogP contribution in [0.1, 0.15) is 43.5 Å². The van der Waals surface area contributed by atoms with Crippen LogP contribution >= 0.6 is 11.6 Å². The van der Waals surface area contributed by atoms with Gasteiger partial charge in [0.05, 0.1) is 23.7 Å². The molecule has 190 valence electrons. The summed E-state index contributed by atoms with van der Waals surface area (Å²) in [6.07, 6.45) is 4.43. The van der Waals surface area contributed by atoms with Gasteiger partial charge >= 0.3 is 5.97 Å². The number of piperidine rings is 1. The molecular formula is C29H32ClFN2O3. The molecule has 1 N–H and O–H groups in total. The molecule has 0 amide bonds. The fourth-order valence-electron chi connectivity index (χ4n) is 4.62. The lowest BCUT2D eigenvalue weighted by Gasteiger charge is -2.40. The van der Waals surface area contributed by atoms with E-state index in [1.807, 2.05) is 31.3 Å². The molecule has 3 aromatic rings. The van der Waals surface area contributed by atoms with Crippen molar-refractivity contribution in [2.75, 3.05) is 24.6 Å². The second-order valence-electron chi connectivity index (χ2n) is 10.2. The molecule has 1 aromatic heterocycles. The molecule has 1 aliphatic rings. The highest BCUT2D eigenvalue weighted by molar-refractivity contribution is 6.32. The average Bonchev–Trinajstić information content (AvgIpc) is 2.82. The van der Waals surface area contributed by atoms with E-state index in [-0.39, 0.29) is 17.7 Å². The van der Waals surface area contributed by atoms with Crippen LogP contribution in [0.5, 0.6) is 5.75 Å². The van der Waals surface area contributed by atoms with Crippen LogP contribution in [-0.4, -0.2) is 35.8 Å². The Morgan fingerprint density at radius 2 is 1.86 bits per heavy atom. The maximum absolute atomic E-state index is 13.1. The quantitative estimate of drug-likeness (QED) is 0.364. The van der Waals surface area contributed by atoms with Gasteiger partial charge in [0.15, 0.2) is 0 Å². The molecule has 0 aliphatic carbocycles. The standard InChI is InChI=1S/C29H32ClFN2O3/c1-19-23(17-27(34)35)28(33-13-11-29(2,3)12-14-33)24(18-32-19)21-6-9-26(25(30)16-21)36-15-10-20-4-7-22(31)8-5-20/h4-9,16,18H,10-15,17H2,1-3H3,(H,34,35). The Balaban J connectivity index is 1.61. The third-order valence-electron chi connectivity index (χ3n) is 6.93. The Morgan fingerprint density at radius 1 is 1.17 bits per heavy atom. The molecule has 5 nitrogen and oxygen atoms in total. The summed E-state index contributed by atoms with van der Waals surface area (Å²) in [5.74, 6) is -0.573. The molecule has 1 saturated heterocycles. The zero-order valence-electron chi connectivity index (χ0n) is 21.0. The molecule has 4 rings (SSSR count). The molecule has 1 fully saturated rings. The largest absolute Gasteiger partial charge is 0.492 e. The Labute approximate surface area is 216 Å². The van der Waals surface area contributed by atoms with Crippen LogP contribution in [0.4, 0.5) is 10.1 Å². The van der Waals surface area contributed by atoms with Crippen molar-refractivity contribution in [3.8, 4) is 16.9 Å². The van der Waals surface area contributed by atoms with E-state index < -0.39 is 5.97 Å². The van der Waals surface area contributed by atoms with E-state index in [4.69, 9.17) is 16.3 Å². The second-order valence-corrected chi connectivity index (χ2v) is 10.6. The third kappa shape index (κ3) is 6.16. The van der Waals surface area contributed by atoms with Crippen molar-refractivity contribution in [1.82, 2.24) is 4.98 Å². The highest BCUT2D eigenvalue weighted by atomic mass is 35.5. The molecule has 0 saturated carbocycles. The lowest BCUT2D eigenvalue weighted by Crippen LogP contribution is -2.38. The van der Waals surface area contributed by atoms with Gasteiger partial charge in [0.25, 0.3) is 0 Å². The fraction of sp³-hybridized carbons (Fsp3) is 0.379. The number of halogens is 2. The number of hydrogen-bond acceptors (Lipinski definition) is 4. The summed E-state index contributed by atoms with van der Waals surface area (Å²) < 4.78 is 19.0. The summed E-state index contributed by atoms with van der Waals surface area (Å²) in [5.41, 5.74) is 5.39. The fourth-order valence-corrected chi connectivity index (χ4v) is 4.86. The van der Waals surface area contributed by atoms with Crippen molar-refractivity contribution in [3.05, 3.63) is 76.3 Å². The first kappa shape index (κ1) is 26.0. The van der Waals surface area contributed by atoms with E-state index in [0.29, 0.717) is 23.8 Å². The topological polar surface area (TPSA) is 62.7 Å². The maximum Gasteiger partial charge on any atom is 0.307 e. The summed E-state index contributed by atoms with van der Waals surface area (Å²) >= 11 is 6.61. The minimum absolute atomic E-state index is 0.0831. The number of carboxylic acid groups (broad SMARTS) is 1. The molecule has 1 aliphatic heterocycles. The first-order chi connectivity index (χ1) is 17.1. The molecule has 7 heteroatoms. The van der Waals surface area contributed by atoms with Crippen molar-refractivity contribution in [3.63, 3.8) is 0 Å². The number of aryl methyl sites for hydroxylation is 1. The van der Waals surface area contributed by atoms with Crippen LogP contribution < -0.4 is 9.64 Å². The van der Waals surface area contributed by atoms with Gasteiger partial charge in [0, 0.05) is 42.5 Å². The number of aliphatic carboxylic acids is 1. The third-order valence-corrected chi connectivity index (χ3v) is 7.23. The molecule has 2 aromatic carbocycles. The molecular weight excluding hydrogens is 479 g/mol. The number of rotatable bonds is 8. The maximum atomic E-state index is 13.1. The number of anilines is 1. The highest BCUT2D eigenvalue weighted by Gasteiger charge is 2.29. The minimum atomic E-state index is -0.876. The van der Waals surface area contributed by atoms with Crippen molar-refractivity contribution in [2.45, 2.75) is 46.5 Å². The second kappa shape index (κ2) is 10.9. The van der Waals surface area contributed by atoms with Gasteiger partial charge in [-0.05, 0) is 60.6 Å². The van der Waals surface area contributed by atoms with Crippen LogP contribution in [0.15, 0.2) is 48.7 Å². The van der Waals surface area contributed by atoms with Crippen molar-refractivity contribution in [1.29, 1.82) is 0 Å². The number of hydrogen-bond donors (Lipinski definition) is 1. The van der Waals surface area contributed by atoms with Crippen LogP contribution in [0.3, 0.4) is 0 Å². The number of aromatic nitrogens is 1. The Kier molecular flexibility index (Phi) is 7.84. The molecule has 0 unspecified atom stereocenters. The van der Waals surface area contributed by atoms with E-state index in [9.17, 15) is 14.3 Å². The van der Waals surface area contributed by atoms with Crippen molar-refractivity contribution >= 4 is 23.3 Å². The van der Waals surface area contributed by atoms with Gasteiger partial charge in [-0.15, -0.1) is 0 Å². The van der Waals surface area contributed by atoms with Gasteiger partial charge in [0.1, 0.15) is 11.6 Å². The molecule has 0 bridgehead atoms. The van der Waals surface area contributed by atoms with Gasteiger partial charge in [-0.25, -0.2) is 4.39 Å². The zero-order chi connectivity index (χ0) is 25.9. The lowest BCUT2D eigenvalue weighted by molar-refractivity contribution is -0.136. The van der Waals surface area contributed by atoms with Crippen LogP contribution in [-0.2, 0) is 17.6 Å². The number of carbonyl (C=O) groups is 1. The summed E-state index contributed by atoms with van der Waals surface area (Å²) in [4.78, 5) is 18.6. The van der Waals surface area contributed by atoms with Crippen molar-refractivity contribution in [2.24, 2.45) is 5.41 Å². The van der Waals surface area contributed by atoms with Gasteiger partial charge < -0.3 is 14.7 Å². The van der Waals surface area contributed by atoms with E-state index in [2.05, 4.69) is 23.7 Å². The van der Waals surface area contributed by atoms with Gasteiger partial charge in [-0.3, -0.25) is 9.78 Å². The summed E-state index contributed by atoms with van der Waals surface area (Å²) in [6.45, 7) is 8.53. The molecule has 0 atom stereocenters. The first-order valence-corrected chi connectivity index (χ1v) is 12.6. The number of nitrogens with zero attached hydrogens (tertiary/aromatic N) is 2. The van der Waals surface area contributed by atoms with E-state index in [0.717, 1.165) is 59.6 Å². The summed E-state index contributed by atoms with van der Waals surface area (Å²) in [5, 5.41) is 10.1. The van der Waals surface area contributed by atoms with Crippen LogP contribution in [0, 0.1) is 18.2 Å². The number of ether oxygens (including phenoxy) is 1. The van der Waals surface area contributed by atoms with Gasteiger partial charge in [0.2, 0.25) is 0 Å². The normalized spacial score (nSPS) is 15.1. The predicted molar refractivity (Wildman–Crippen MR) is 142 cm³/mol. The smallest absolute Gasteiger partial charge is 0.307 e. The molecule has 36 heavy (non-hydrogen) atoms. The van der Waals surface area contributed by atoms with E-state index in [1.165, 1.54) is 12.1 Å². The SMILES string of the molecule is Cc1ncc(-c2ccc(OCCc3ccc(F)cc3)c(Cl)c2)c(N2CCC(C)(C)CC2)c1CC(=O)O. The number of pyridine rings is 1. The number of benzene rings is 2. The molecule has 0 radical (unpaired) electrons. The molecule has 2 heterocycles. The Bertz CT molecular complexity index is 1230.